The first-order chi connectivity index (χ1) is 9.81. The molecule has 0 amide bonds. The summed E-state index contributed by atoms with van der Waals surface area (Å²) in [6.45, 7) is 1.87. The molecule has 1 aromatic heterocycles. The quantitative estimate of drug-likeness (QED) is 0.819. The summed E-state index contributed by atoms with van der Waals surface area (Å²) in [7, 11) is 0. The van der Waals surface area contributed by atoms with E-state index >= 15 is 0 Å². The third-order valence-electron chi connectivity index (χ3n) is 3.82. The van der Waals surface area contributed by atoms with E-state index in [1.807, 2.05) is 0 Å². The summed E-state index contributed by atoms with van der Waals surface area (Å²) in [4.78, 5) is 14.0. The van der Waals surface area contributed by atoms with Gasteiger partial charge in [-0.05, 0) is 37.3 Å². The van der Waals surface area contributed by atoms with Gasteiger partial charge in [0, 0.05) is 18.7 Å². The molecule has 3 rings (SSSR count). The van der Waals surface area contributed by atoms with Crippen molar-refractivity contribution >= 4 is 11.5 Å². The van der Waals surface area contributed by atoms with Crippen molar-refractivity contribution in [1.82, 2.24) is 25.5 Å². The van der Waals surface area contributed by atoms with E-state index in [0.29, 0.717) is 18.9 Å². The van der Waals surface area contributed by atoms with Crippen molar-refractivity contribution < 1.29 is 9.53 Å². The van der Waals surface area contributed by atoms with Crippen LogP contribution in [0.4, 0.5) is 0 Å². The molecule has 7 nitrogen and oxygen atoms in total. The van der Waals surface area contributed by atoms with E-state index in [-0.39, 0.29) is 12.1 Å². The summed E-state index contributed by atoms with van der Waals surface area (Å²) in [5.41, 5.74) is 1.01. The molecule has 1 aliphatic carbocycles. The summed E-state index contributed by atoms with van der Waals surface area (Å²) in [6, 6.07) is 0. The van der Waals surface area contributed by atoms with E-state index in [2.05, 4.69) is 31.6 Å². The van der Waals surface area contributed by atoms with Gasteiger partial charge >= 0.3 is 5.97 Å². The van der Waals surface area contributed by atoms with E-state index in [1.54, 1.807) is 0 Å². The van der Waals surface area contributed by atoms with Gasteiger partial charge in [-0.1, -0.05) is 6.08 Å². The molecule has 0 radical (unpaired) electrons. The Hall–Kier alpha value is -1.76. The fourth-order valence-corrected chi connectivity index (χ4v) is 2.81. The van der Waals surface area contributed by atoms with Crippen LogP contribution in [0.3, 0.4) is 0 Å². The van der Waals surface area contributed by atoms with Crippen molar-refractivity contribution in [2.45, 2.75) is 38.2 Å². The molecule has 0 aromatic carbocycles. The van der Waals surface area contributed by atoms with E-state index in [4.69, 9.17) is 4.74 Å². The minimum atomic E-state index is -0.119. The van der Waals surface area contributed by atoms with Crippen LogP contribution in [-0.4, -0.2) is 57.2 Å². The zero-order valence-electron chi connectivity index (χ0n) is 11.4. The molecule has 0 bridgehead atoms. The van der Waals surface area contributed by atoms with Gasteiger partial charge in [0.2, 0.25) is 5.82 Å². The fraction of sp³-hybridized carbons (Fsp3) is 0.692. The molecule has 1 aliphatic heterocycles. The molecule has 1 aromatic rings. The molecule has 0 spiro atoms. The second-order valence-corrected chi connectivity index (χ2v) is 5.36. The normalized spacial score (nSPS) is 20.9. The molecule has 108 valence electrons. The number of nitrogens with one attached hydrogen (secondary N) is 1. The van der Waals surface area contributed by atoms with Crippen molar-refractivity contribution in [3.05, 3.63) is 11.9 Å². The average molecular weight is 277 g/mol. The number of rotatable bonds is 4. The Morgan fingerprint density at radius 2 is 2.30 bits per heavy atom. The molecule has 2 aliphatic rings. The highest BCUT2D eigenvalue weighted by Crippen LogP contribution is 2.21. The van der Waals surface area contributed by atoms with Gasteiger partial charge < -0.3 is 4.74 Å². The van der Waals surface area contributed by atoms with Crippen LogP contribution in [0.5, 0.6) is 0 Å². The van der Waals surface area contributed by atoms with E-state index in [1.165, 1.54) is 12.8 Å². The summed E-state index contributed by atoms with van der Waals surface area (Å²) >= 11 is 0. The van der Waals surface area contributed by atoms with Crippen LogP contribution in [0.15, 0.2) is 6.08 Å². The van der Waals surface area contributed by atoms with E-state index < -0.39 is 0 Å². The van der Waals surface area contributed by atoms with E-state index in [0.717, 1.165) is 31.4 Å². The number of esters is 1. The number of nitrogens with zero attached hydrogens (tertiary/aromatic N) is 4. The summed E-state index contributed by atoms with van der Waals surface area (Å²) in [5, 5.41) is 14.0. The number of hydrogen-bond acceptors (Lipinski definition) is 6. The van der Waals surface area contributed by atoms with E-state index in [9.17, 15) is 4.79 Å². The molecule has 0 saturated heterocycles. The Kier molecular flexibility index (Phi) is 4.05. The first-order valence-electron chi connectivity index (χ1n) is 7.16. The molecule has 2 heterocycles. The molecule has 0 atom stereocenters. The SMILES string of the molecule is O=C(CN1CCC=C(c2nn[nH]n2)C1)OC1CCCC1. The number of H-pyrrole nitrogens is 1. The number of carbonyl (C=O) groups excluding carboxylic acids is 1. The van der Waals surface area contributed by atoms with Gasteiger partial charge in [0.1, 0.15) is 6.10 Å². The maximum absolute atomic E-state index is 11.9. The molecule has 0 unspecified atom stereocenters. The lowest BCUT2D eigenvalue weighted by Gasteiger charge is -2.25. The lowest BCUT2D eigenvalue weighted by Crippen LogP contribution is -2.36. The van der Waals surface area contributed by atoms with Crippen LogP contribution in [-0.2, 0) is 9.53 Å². The minimum Gasteiger partial charge on any atom is -0.461 e. The standard InChI is InChI=1S/C13H19N5O2/c19-12(20-11-5-1-2-6-11)9-18-7-3-4-10(8-18)13-14-16-17-15-13/h4,11H,1-3,5-9H2,(H,14,15,16,17). The average Bonchev–Trinajstić information content (AvgIpc) is 3.11. The number of hydrogen-bond donors (Lipinski definition) is 1. The molecule has 1 N–H and O–H groups in total. The number of tetrazole rings is 1. The van der Waals surface area contributed by atoms with Crippen molar-refractivity contribution in [3.8, 4) is 0 Å². The first-order valence-corrected chi connectivity index (χ1v) is 7.16. The predicted molar refractivity (Wildman–Crippen MR) is 71.6 cm³/mol. The maximum atomic E-state index is 11.9. The summed E-state index contributed by atoms with van der Waals surface area (Å²) in [6.07, 6.45) is 7.50. The third kappa shape index (κ3) is 3.22. The predicted octanol–water partition coefficient (Wildman–Crippen LogP) is 0.775. The zero-order chi connectivity index (χ0) is 13.8. The Labute approximate surface area is 117 Å². The Bertz CT molecular complexity index is 479. The first kappa shape index (κ1) is 13.2. The van der Waals surface area contributed by atoms with Crippen LogP contribution in [0, 0.1) is 0 Å². The zero-order valence-corrected chi connectivity index (χ0v) is 11.4. The highest BCUT2D eigenvalue weighted by molar-refractivity contribution is 5.72. The topological polar surface area (TPSA) is 84.0 Å². The highest BCUT2D eigenvalue weighted by Gasteiger charge is 2.23. The van der Waals surface area contributed by atoms with Crippen LogP contribution in [0.25, 0.3) is 5.57 Å². The largest absolute Gasteiger partial charge is 0.461 e. The monoisotopic (exact) mass is 277 g/mol. The molecule has 1 fully saturated rings. The van der Waals surface area contributed by atoms with Crippen molar-refractivity contribution in [2.75, 3.05) is 19.6 Å². The second-order valence-electron chi connectivity index (χ2n) is 5.36. The maximum Gasteiger partial charge on any atom is 0.320 e. The number of aromatic nitrogens is 4. The van der Waals surface area contributed by atoms with Crippen LogP contribution in [0.2, 0.25) is 0 Å². The van der Waals surface area contributed by atoms with Gasteiger partial charge in [-0.25, -0.2) is 0 Å². The van der Waals surface area contributed by atoms with Crippen molar-refractivity contribution in [2.24, 2.45) is 0 Å². The van der Waals surface area contributed by atoms with Crippen molar-refractivity contribution in [1.29, 1.82) is 0 Å². The van der Waals surface area contributed by atoms with Gasteiger partial charge in [-0.2, -0.15) is 5.21 Å². The second kappa shape index (κ2) is 6.13. The molecular formula is C13H19N5O2. The van der Waals surface area contributed by atoms with Crippen molar-refractivity contribution in [3.63, 3.8) is 0 Å². The molecular weight excluding hydrogens is 258 g/mol. The van der Waals surface area contributed by atoms with Gasteiger partial charge in [0.05, 0.1) is 6.54 Å². The summed E-state index contributed by atoms with van der Waals surface area (Å²) in [5.74, 6) is 0.491. The molecule has 20 heavy (non-hydrogen) atoms. The third-order valence-corrected chi connectivity index (χ3v) is 3.82. The number of aromatic amines is 1. The lowest BCUT2D eigenvalue weighted by atomic mass is 10.1. The molecule has 1 saturated carbocycles. The van der Waals surface area contributed by atoms with Crippen LogP contribution < -0.4 is 0 Å². The Morgan fingerprint density at radius 1 is 1.45 bits per heavy atom. The minimum absolute atomic E-state index is 0.119. The van der Waals surface area contributed by atoms with Gasteiger partial charge in [0.15, 0.2) is 0 Å². The van der Waals surface area contributed by atoms with Gasteiger partial charge in [-0.3, -0.25) is 9.69 Å². The fourth-order valence-electron chi connectivity index (χ4n) is 2.81. The van der Waals surface area contributed by atoms with Gasteiger partial charge in [0.25, 0.3) is 0 Å². The lowest BCUT2D eigenvalue weighted by molar-refractivity contribution is -0.149. The Morgan fingerprint density at radius 3 is 3.05 bits per heavy atom. The van der Waals surface area contributed by atoms with Crippen LogP contribution >= 0.6 is 0 Å². The smallest absolute Gasteiger partial charge is 0.320 e. The molecule has 7 heteroatoms. The van der Waals surface area contributed by atoms with Crippen LogP contribution in [0.1, 0.15) is 37.9 Å². The highest BCUT2D eigenvalue weighted by atomic mass is 16.5. The number of carbonyl (C=O) groups is 1. The van der Waals surface area contributed by atoms with Gasteiger partial charge in [-0.15, -0.1) is 10.2 Å². The Balaban J connectivity index is 1.51. The number of ether oxygens (including phenoxy) is 1. The summed E-state index contributed by atoms with van der Waals surface area (Å²) < 4.78 is 5.49.